The molecule has 2 atom stereocenters. The molecule has 3 heteroatoms. The highest BCUT2D eigenvalue weighted by atomic mass is 79.9. The van der Waals surface area contributed by atoms with E-state index in [0.717, 1.165) is 5.56 Å². The van der Waals surface area contributed by atoms with Gasteiger partial charge in [0.1, 0.15) is 0 Å². The van der Waals surface area contributed by atoms with Crippen molar-refractivity contribution in [1.29, 1.82) is 0 Å². The lowest BCUT2D eigenvalue weighted by Crippen LogP contribution is -2.19. The van der Waals surface area contributed by atoms with Crippen LogP contribution in [0.25, 0.3) is 0 Å². The molecule has 0 aliphatic rings. The van der Waals surface area contributed by atoms with E-state index in [0.29, 0.717) is 6.61 Å². The van der Waals surface area contributed by atoms with Gasteiger partial charge in [0.25, 0.3) is 0 Å². The molecule has 14 heavy (non-hydrogen) atoms. The quantitative estimate of drug-likeness (QED) is 0.757. The molecule has 0 bridgehead atoms. The summed E-state index contributed by atoms with van der Waals surface area (Å²) in [7, 11) is 3.40. The van der Waals surface area contributed by atoms with Gasteiger partial charge in [0, 0.05) is 14.2 Å². The highest BCUT2D eigenvalue weighted by Gasteiger charge is 2.19. The third kappa shape index (κ3) is 3.08. The molecule has 0 saturated heterocycles. The molecule has 0 amide bonds. The van der Waals surface area contributed by atoms with Crippen molar-refractivity contribution in [2.75, 3.05) is 20.8 Å². The molecule has 2 nitrogen and oxygen atoms in total. The summed E-state index contributed by atoms with van der Waals surface area (Å²) >= 11 is 3.55. The Kier molecular flexibility index (Phi) is 5.15. The molecule has 0 aliphatic heterocycles. The second-order valence-corrected chi connectivity index (χ2v) is 4.21. The number of rotatable bonds is 5. The minimum Gasteiger partial charge on any atom is -0.383 e. The van der Waals surface area contributed by atoms with Crippen LogP contribution in [-0.4, -0.2) is 25.7 Å². The van der Waals surface area contributed by atoms with Gasteiger partial charge in [0.15, 0.2) is 0 Å². The van der Waals surface area contributed by atoms with Crippen LogP contribution in [-0.2, 0) is 9.47 Å². The van der Waals surface area contributed by atoms with Gasteiger partial charge in [-0.3, -0.25) is 0 Å². The summed E-state index contributed by atoms with van der Waals surface area (Å²) in [6, 6.07) is 10.1. The summed E-state index contributed by atoms with van der Waals surface area (Å²) in [5.41, 5.74) is 1.16. The lowest BCUT2D eigenvalue weighted by Gasteiger charge is -2.20. The fourth-order valence-electron chi connectivity index (χ4n) is 1.38. The van der Waals surface area contributed by atoms with Crippen LogP contribution in [0.4, 0.5) is 0 Å². The lowest BCUT2D eigenvalue weighted by atomic mass is 10.1. The van der Waals surface area contributed by atoms with E-state index in [1.54, 1.807) is 14.2 Å². The summed E-state index contributed by atoms with van der Waals surface area (Å²) in [6.45, 7) is 0.632. The van der Waals surface area contributed by atoms with Gasteiger partial charge >= 0.3 is 0 Å². The molecule has 2 unspecified atom stereocenters. The molecule has 0 fully saturated rings. The summed E-state index contributed by atoms with van der Waals surface area (Å²) in [6.07, 6.45) is 0.0381. The number of benzene rings is 1. The van der Waals surface area contributed by atoms with Crippen LogP contribution in [0.5, 0.6) is 0 Å². The van der Waals surface area contributed by atoms with E-state index < -0.39 is 0 Å². The number of halogens is 1. The molecule has 0 radical (unpaired) electrons. The zero-order valence-electron chi connectivity index (χ0n) is 8.44. The largest absolute Gasteiger partial charge is 0.383 e. The first kappa shape index (κ1) is 11.7. The van der Waals surface area contributed by atoms with Gasteiger partial charge in [-0.1, -0.05) is 46.3 Å². The summed E-state index contributed by atoms with van der Waals surface area (Å²) in [5.74, 6) is 0. The summed E-state index contributed by atoms with van der Waals surface area (Å²) in [5, 5.41) is 0. The van der Waals surface area contributed by atoms with E-state index in [-0.39, 0.29) is 10.9 Å². The predicted molar refractivity (Wildman–Crippen MR) is 60.8 cm³/mol. The number of methoxy groups -OCH3 is 2. The second-order valence-electron chi connectivity index (χ2n) is 3.04. The topological polar surface area (TPSA) is 18.5 Å². The Morgan fingerprint density at radius 1 is 1.21 bits per heavy atom. The van der Waals surface area contributed by atoms with E-state index in [2.05, 4.69) is 28.1 Å². The zero-order valence-corrected chi connectivity index (χ0v) is 10.0. The molecule has 0 spiro atoms. The van der Waals surface area contributed by atoms with Crippen LogP contribution in [0.2, 0.25) is 0 Å². The van der Waals surface area contributed by atoms with Gasteiger partial charge in [0.05, 0.1) is 17.5 Å². The highest BCUT2D eigenvalue weighted by Crippen LogP contribution is 2.25. The van der Waals surface area contributed by atoms with Crippen molar-refractivity contribution in [2.24, 2.45) is 0 Å². The number of hydrogen-bond acceptors (Lipinski definition) is 2. The third-order valence-electron chi connectivity index (χ3n) is 2.04. The molecule has 78 valence electrons. The lowest BCUT2D eigenvalue weighted by molar-refractivity contribution is 0.0744. The zero-order chi connectivity index (χ0) is 10.4. The van der Waals surface area contributed by atoms with Gasteiger partial charge < -0.3 is 9.47 Å². The average molecular weight is 259 g/mol. The number of hydrogen-bond donors (Lipinski definition) is 0. The van der Waals surface area contributed by atoms with Gasteiger partial charge in [-0.05, 0) is 5.56 Å². The van der Waals surface area contributed by atoms with Crippen molar-refractivity contribution in [3.05, 3.63) is 35.9 Å². The molecule has 1 aromatic carbocycles. The van der Waals surface area contributed by atoms with Crippen molar-refractivity contribution in [3.8, 4) is 0 Å². The van der Waals surface area contributed by atoms with Gasteiger partial charge in [0.2, 0.25) is 0 Å². The first-order chi connectivity index (χ1) is 6.79. The standard InChI is InChI=1S/C11H15BrO2/c1-13-8-10(12)11(14-2)9-6-4-3-5-7-9/h3-7,10-11H,8H2,1-2H3. The van der Waals surface area contributed by atoms with Crippen LogP contribution in [0, 0.1) is 0 Å². The molecule has 0 aliphatic carbocycles. The minimum absolute atomic E-state index is 0.0381. The van der Waals surface area contributed by atoms with Crippen LogP contribution in [0.1, 0.15) is 11.7 Å². The Hall–Kier alpha value is -0.380. The highest BCUT2D eigenvalue weighted by molar-refractivity contribution is 9.09. The third-order valence-corrected chi connectivity index (χ3v) is 2.78. The summed E-state index contributed by atoms with van der Waals surface area (Å²) in [4.78, 5) is 0.180. The first-order valence-corrected chi connectivity index (χ1v) is 5.42. The molecule has 0 heterocycles. The maximum Gasteiger partial charge on any atom is 0.0968 e. The Labute approximate surface area is 93.4 Å². The number of alkyl halides is 1. The normalized spacial score (nSPS) is 15.1. The van der Waals surface area contributed by atoms with Crippen molar-refractivity contribution < 1.29 is 9.47 Å². The minimum atomic E-state index is 0.0381. The SMILES string of the molecule is COCC(Br)C(OC)c1ccccc1. The first-order valence-electron chi connectivity index (χ1n) is 4.50. The molecule has 0 saturated carbocycles. The Bertz CT molecular complexity index is 251. The van der Waals surface area contributed by atoms with Crippen molar-refractivity contribution in [3.63, 3.8) is 0 Å². The van der Waals surface area contributed by atoms with E-state index in [1.165, 1.54) is 0 Å². The second kappa shape index (κ2) is 6.17. The fraction of sp³-hybridized carbons (Fsp3) is 0.455. The van der Waals surface area contributed by atoms with Crippen molar-refractivity contribution in [1.82, 2.24) is 0 Å². The maximum atomic E-state index is 5.42. The number of ether oxygens (including phenoxy) is 2. The van der Waals surface area contributed by atoms with Crippen molar-refractivity contribution in [2.45, 2.75) is 10.9 Å². The van der Waals surface area contributed by atoms with E-state index in [9.17, 15) is 0 Å². The van der Waals surface area contributed by atoms with E-state index in [1.807, 2.05) is 18.2 Å². The maximum absolute atomic E-state index is 5.42. The molecular formula is C11H15BrO2. The molecule has 1 aromatic rings. The Morgan fingerprint density at radius 3 is 2.36 bits per heavy atom. The fourth-order valence-corrected chi connectivity index (χ4v) is 2.17. The summed E-state index contributed by atoms with van der Waals surface area (Å²) < 4.78 is 10.5. The van der Waals surface area contributed by atoms with Crippen LogP contribution >= 0.6 is 15.9 Å². The Morgan fingerprint density at radius 2 is 1.86 bits per heavy atom. The Balaban J connectivity index is 2.71. The molecule has 0 aromatic heterocycles. The van der Waals surface area contributed by atoms with Gasteiger partial charge in [-0.2, -0.15) is 0 Å². The van der Waals surface area contributed by atoms with Crippen LogP contribution < -0.4 is 0 Å². The van der Waals surface area contributed by atoms with Crippen molar-refractivity contribution >= 4 is 15.9 Å². The molecule has 0 N–H and O–H groups in total. The molecular weight excluding hydrogens is 244 g/mol. The monoisotopic (exact) mass is 258 g/mol. The predicted octanol–water partition coefficient (Wildman–Crippen LogP) is 2.78. The van der Waals surface area contributed by atoms with Crippen LogP contribution in [0.15, 0.2) is 30.3 Å². The average Bonchev–Trinajstić information content (AvgIpc) is 2.21. The smallest absolute Gasteiger partial charge is 0.0968 e. The van der Waals surface area contributed by atoms with Gasteiger partial charge in [-0.25, -0.2) is 0 Å². The van der Waals surface area contributed by atoms with E-state index in [4.69, 9.17) is 9.47 Å². The van der Waals surface area contributed by atoms with E-state index >= 15 is 0 Å². The molecule has 1 rings (SSSR count). The van der Waals surface area contributed by atoms with Crippen LogP contribution in [0.3, 0.4) is 0 Å². The van der Waals surface area contributed by atoms with Gasteiger partial charge in [-0.15, -0.1) is 0 Å².